The number of hydrogen-bond acceptors (Lipinski definition) is 6. The SMILES string of the molecule is CCN1C(=O)C(=Cc2cc(OC)c(OC)cc2Br)SC1=Nc1ccc(C(=O)O)cc1. The second kappa shape index (κ2) is 9.36. The maximum Gasteiger partial charge on any atom is 0.335 e. The van der Waals surface area contributed by atoms with Crippen molar-refractivity contribution in [2.45, 2.75) is 6.92 Å². The Morgan fingerprint density at radius 3 is 2.40 bits per heavy atom. The maximum absolute atomic E-state index is 12.9. The number of amides is 1. The van der Waals surface area contributed by atoms with Crippen LogP contribution >= 0.6 is 27.7 Å². The van der Waals surface area contributed by atoms with Crippen molar-refractivity contribution in [3.8, 4) is 11.5 Å². The van der Waals surface area contributed by atoms with Gasteiger partial charge < -0.3 is 14.6 Å². The second-order valence-electron chi connectivity index (χ2n) is 6.14. The van der Waals surface area contributed by atoms with Gasteiger partial charge in [0.1, 0.15) is 0 Å². The van der Waals surface area contributed by atoms with E-state index in [-0.39, 0.29) is 11.5 Å². The van der Waals surface area contributed by atoms with E-state index in [4.69, 9.17) is 14.6 Å². The Morgan fingerprint density at radius 2 is 1.83 bits per heavy atom. The molecule has 156 valence electrons. The quantitative estimate of drug-likeness (QED) is 0.585. The topological polar surface area (TPSA) is 88.4 Å². The predicted octanol–water partition coefficient (Wildman–Crippen LogP) is 4.79. The Bertz CT molecular complexity index is 1050. The fourth-order valence-electron chi connectivity index (χ4n) is 2.78. The number of carboxylic acid groups (broad SMARTS) is 1. The summed E-state index contributed by atoms with van der Waals surface area (Å²) in [4.78, 5) is 30.5. The van der Waals surface area contributed by atoms with Gasteiger partial charge in [-0.3, -0.25) is 9.69 Å². The Labute approximate surface area is 186 Å². The molecule has 1 aliphatic rings. The van der Waals surface area contributed by atoms with Crippen molar-refractivity contribution in [3.63, 3.8) is 0 Å². The number of thioether (sulfide) groups is 1. The van der Waals surface area contributed by atoms with E-state index in [1.165, 1.54) is 23.9 Å². The van der Waals surface area contributed by atoms with Crippen LogP contribution in [-0.2, 0) is 4.79 Å². The summed E-state index contributed by atoms with van der Waals surface area (Å²) in [6.07, 6.45) is 1.78. The van der Waals surface area contributed by atoms with Gasteiger partial charge in [0, 0.05) is 11.0 Å². The maximum atomic E-state index is 12.9. The monoisotopic (exact) mass is 490 g/mol. The summed E-state index contributed by atoms with van der Waals surface area (Å²) in [5, 5.41) is 9.56. The molecule has 0 radical (unpaired) electrons. The zero-order valence-corrected chi connectivity index (χ0v) is 18.9. The van der Waals surface area contributed by atoms with Crippen LogP contribution in [0.25, 0.3) is 6.08 Å². The molecule has 0 aromatic heterocycles. The fourth-order valence-corrected chi connectivity index (χ4v) is 4.27. The lowest BCUT2D eigenvalue weighted by Gasteiger charge is -2.12. The highest BCUT2D eigenvalue weighted by atomic mass is 79.9. The summed E-state index contributed by atoms with van der Waals surface area (Å²) < 4.78 is 11.4. The summed E-state index contributed by atoms with van der Waals surface area (Å²) in [6, 6.07) is 9.77. The van der Waals surface area contributed by atoms with Crippen molar-refractivity contribution >= 4 is 56.5 Å². The standard InChI is InChI=1S/C21H19BrN2O5S/c1-4-24-19(25)18(10-13-9-16(28-2)17(29-3)11-15(13)22)30-21(24)23-14-7-5-12(6-8-14)20(26)27/h5-11H,4H2,1-3H3,(H,26,27). The molecule has 2 aromatic rings. The van der Waals surface area contributed by atoms with Crippen molar-refractivity contribution in [2.75, 3.05) is 20.8 Å². The molecule has 0 bridgehead atoms. The molecular weight excluding hydrogens is 472 g/mol. The first-order valence-electron chi connectivity index (χ1n) is 8.93. The molecule has 1 aliphatic heterocycles. The van der Waals surface area contributed by atoms with Crippen LogP contribution in [0.2, 0.25) is 0 Å². The predicted molar refractivity (Wildman–Crippen MR) is 121 cm³/mol. The van der Waals surface area contributed by atoms with Gasteiger partial charge in [-0.15, -0.1) is 0 Å². The lowest BCUT2D eigenvalue weighted by molar-refractivity contribution is -0.122. The fraction of sp³-hybridized carbons (Fsp3) is 0.190. The molecule has 1 fully saturated rings. The number of carbonyl (C=O) groups excluding carboxylic acids is 1. The van der Waals surface area contributed by atoms with E-state index in [0.717, 1.165) is 10.0 Å². The van der Waals surface area contributed by atoms with Gasteiger partial charge in [-0.05, 0) is 66.7 Å². The molecule has 0 atom stereocenters. The molecular formula is C21H19BrN2O5S. The summed E-state index contributed by atoms with van der Waals surface area (Å²) in [7, 11) is 3.11. The van der Waals surface area contributed by atoms with E-state index in [1.807, 2.05) is 6.92 Å². The van der Waals surface area contributed by atoms with E-state index in [2.05, 4.69) is 20.9 Å². The number of aliphatic imine (C=N–C) groups is 1. The van der Waals surface area contributed by atoms with Gasteiger partial charge >= 0.3 is 5.97 Å². The first-order chi connectivity index (χ1) is 14.4. The Hall–Kier alpha value is -2.78. The smallest absolute Gasteiger partial charge is 0.335 e. The van der Waals surface area contributed by atoms with Gasteiger partial charge in [0.05, 0.1) is 30.4 Å². The molecule has 1 N–H and O–H groups in total. The van der Waals surface area contributed by atoms with Crippen LogP contribution in [0.15, 0.2) is 50.8 Å². The van der Waals surface area contributed by atoms with Crippen LogP contribution in [0.3, 0.4) is 0 Å². The number of hydrogen-bond donors (Lipinski definition) is 1. The third kappa shape index (κ3) is 4.52. The van der Waals surface area contributed by atoms with E-state index in [0.29, 0.717) is 33.8 Å². The average Bonchev–Trinajstić information content (AvgIpc) is 3.03. The summed E-state index contributed by atoms with van der Waals surface area (Å²) in [5.74, 6) is -0.00691. The number of aromatic carboxylic acids is 1. The first-order valence-corrected chi connectivity index (χ1v) is 10.5. The highest BCUT2D eigenvalue weighted by molar-refractivity contribution is 9.10. The highest BCUT2D eigenvalue weighted by Crippen LogP contribution is 2.38. The third-order valence-electron chi connectivity index (χ3n) is 4.33. The normalized spacial score (nSPS) is 16.4. The van der Waals surface area contributed by atoms with Gasteiger partial charge in [-0.2, -0.15) is 0 Å². The average molecular weight is 491 g/mol. The van der Waals surface area contributed by atoms with Crippen LogP contribution in [0.4, 0.5) is 5.69 Å². The zero-order valence-electron chi connectivity index (χ0n) is 16.5. The Morgan fingerprint density at radius 1 is 1.20 bits per heavy atom. The second-order valence-corrected chi connectivity index (χ2v) is 8.00. The number of nitrogens with zero attached hydrogens (tertiary/aromatic N) is 2. The van der Waals surface area contributed by atoms with Crippen LogP contribution in [0.5, 0.6) is 11.5 Å². The Balaban J connectivity index is 1.95. The van der Waals surface area contributed by atoms with E-state index >= 15 is 0 Å². The van der Waals surface area contributed by atoms with Gasteiger partial charge in [-0.1, -0.05) is 15.9 Å². The minimum atomic E-state index is -1.000. The lowest BCUT2D eigenvalue weighted by Crippen LogP contribution is -2.28. The number of rotatable bonds is 6. The van der Waals surface area contributed by atoms with Crippen molar-refractivity contribution < 1.29 is 24.2 Å². The van der Waals surface area contributed by atoms with Crippen LogP contribution in [0.1, 0.15) is 22.8 Å². The molecule has 0 aliphatic carbocycles. The summed E-state index contributed by atoms with van der Waals surface area (Å²) >= 11 is 4.77. The molecule has 1 amide bonds. The van der Waals surface area contributed by atoms with Gasteiger partial charge in [-0.25, -0.2) is 9.79 Å². The lowest BCUT2D eigenvalue weighted by atomic mass is 10.2. The minimum Gasteiger partial charge on any atom is -0.493 e. The number of halogens is 1. The molecule has 0 unspecified atom stereocenters. The van der Waals surface area contributed by atoms with Crippen molar-refractivity contribution in [3.05, 3.63) is 56.9 Å². The number of benzene rings is 2. The number of carboxylic acids is 1. The van der Waals surface area contributed by atoms with Crippen LogP contribution < -0.4 is 9.47 Å². The summed E-state index contributed by atoms with van der Waals surface area (Å²) in [5.41, 5.74) is 1.52. The van der Waals surface area contributed by atoms with Gasteiger partial charge in [0.15, 0.2) is 16.7 Å². The highest BCUT2D eigenvalue weighted by Gasteiger charge is 2.32. The van der Waals surface area contributed by atoms with Gasteiger partial charge in [0.2, 0.25) is 0 Å². The van der Waals surface area contributed by atoms with E-state index < -0.39 is 5.97 Å². The van der Waals surface area contributed by atoms with Crippen molar-refractivity contribution in [1.82, 2.24) is 4.90 Å². The number of carbonyl (C=O) groups is 2. The molecule has 0 spiro atoms. The van der Waals surface area contributed by atoms with Crippen LogP contribution in [-0.4, -0.2) is 47.8 Å². The van der Waals surface area contributed by atoms with Crippen molar-refractivity contribution in [2.24, 2.45) is 4.99 Å². The van der Waals surface area contributed by atoms with Crippen molar-refractivity contribution in [1.29, 1.82) is 0 Å². The summed E-state index contributed by atoms with van der Waals surface area (Å²) in [6.45, 7) is 2.33. The number of ether oxygens (including phenoxy) is 2. The number of methoxy groups -OCH3 is 2. The zero-order chi connectivity index (χ0) is 21.8. The van der Waals surface area contributed by atoms with E-state index in [9.17, 15) is 9.59 Å². The minimum absolute atomic E-state index is 0.148. The largest absolute Gasteiger partial charge is 0.493 e. The molecule has 1 saturated heterocycles. The molecule has 1 heterocycles. The molecule has 0 saturated carbocycles. The Kier molecular flexibility index (Phi) is 6.84. The third-order valence-corrected chi connectivity index (χ3v) is 6.03. The van der Waals surface area contributed by atoms with Crippen LogP contribution in [0, 0.1) is 0 Å². The first kappa shape index (κ1) is 21.9. The van der Waals surface area contributed by atoms with Gasteiger partial charge in [0.25, 0.3) is 5.91 Å². The molecule has 30 heavy (non-hydrogen) atoms. The molecule has 7 nitrogen and oxygen atoms in total. The van der Waals surface area contributed by atoms with E-state index in [1.54, 1.807) is 49.5 Å². The molecule has 9 heteroatoms. The number of likely N-dealkylation sites (N-methyl/N-ethyl adjacent to an activating group) is 1. The molecule has 3 rings (SSSR count). The molecule has 2 aromatic carbocycles. The number of amidine groups is 1.